The molecule has 3 rings (SSSR count). The first-order valence-electron chi connectivity index (χ1n) is 27.7. The molecule has 2 aromatic rings. The average Bonchev–Trinajstić information content (AvgIpc) is 3.93. The third-order valence-corrected chi connectivity index (χ3v) is 14.8. The van der Waals surface area contributed by atoms with Crippen LogP contribution in [0.2, 0.25) is 0 Å². The fourth-order valence-electron chi connectivity index (χ4n) is 10.0. The number of amides is 4. The minimum atomic E-state index is -1.16. The molecular formula is C58H93N7O14. The number of carbonyl (C=O) groups excluding carboxylic acids is 4. The van der Waals surface area contributed by atoms with Crippen LogP contribution < -0.4 is 16.4 Å². The number of carbonyl (C=O) groups is 6. The summed E-state index contributed by atoms with van der Waals surface area (Å²) in [7, 11) is 6.57. The Bertz CT molecular complexity index is 2200. The van der Waals surface area contributed by atoms with Crippen molar-refractivity contribution in [2.24, 2.45) is 34.6 Å². The van der Waals surface area contributed by atoms with Crippen molar-refractivity contribution >= 4 is 41.3 Å². The van der Waals surface area contributed by atoms with E-state index in [0.717, 1.165) is 16.7 Å². The molecular weight excluding hydrogens is 1020 g/mol. The van der Waals surface area contributed by atoms with Gasteiger partial charge in [0.2, 0.25) is 23.6 Å². The van der Waals surface area contributed by atoms with Crippen LogP contribution in [-0.4, -0.2) is 202 Å². The van der Waals surface area contributed by atoms with Gasteiger partial charge in [0, 0.05) is 40.8 Å². The summed E-state index contributed by atoms with van der Waals surface area (Å²) in [6.07, 6.45) is 0.781. The molecule has 0 bridgehead atoms. The van der Waals surface area contributed by atoms with E-state index in [2.05, 4.69) is 15.8 Å². The van der Waals surface area contributed by atoms with Crippen LogP contribution in [-0.2, 0) is 70.1 Å². The number of likely N-dealkylation sites (tertiary alicyclic amines) is 1. The number of ether oxygens (including phenoxy) is 5. The van der Waals surface area contributed by atoms with Crippen molar-refractivity contribution in [1.82, 2.24) is 25.3 Å². The number of likely N-dealkylation sites (N-methyl/N-ethyl adjacent to an activating group) is 2. The minimum absolute atomic E-state index is 0.0552. The zero-order chi connectivity index (χ0) is 58.8. The first kappa shape index (κ1) is 67.7. The van der Waals surface area contributed by atoms with E-state index in [-0.39, 0.29) is 61.3 Å². The topological polar surface area (TPSA) is 270 Å². The molecule has 0 saturated carbocycles. The lowest BCUT2D eigenvalue weighted by Crippen LogP contribution is -2.60. The normalized spacial score (nSPS) is 17.3. The third-order valence-electron chi connectivity index (χ3n) is 14.8. The summed E-state index contributed by atoms with van der Waals surface area (Å²) in [5.74, 6) is -4.77. The molecule has 21 nitrogen and oxygen atoms in total. The Balaban J connectivity index is 1.50. The van der Waals surface area contributed by atoms with Gasteiger partial charge >= 0.3 is 11.9 Å². The minimum Gasteiger partial charge on any atom is -0.480 e. The van der Waals surface area contributed by atoms with Crippen LogP contribution in [0.5, 0.6) is 0 Å². The molecule has 0 aromatic heterocycles. The van der Waals surface area contributed by atoms with Gasteiger partial charge in [0.05, 0.1) is 88.0 Å². The number of nitrogens with two attached hydrogens (primary N) is 1. The summed E-state index contributed by atoms with van der Waals surface area (Å²) in [4.78, 5) is 90.7. The lowest BCUT2D eigenvalue weighted by molar-refractivity contribution is -0.148. The predicted octanol–water partition coefficient (Wildman–Crippen LogP) is 4.26. The second-order valence-corrected chi connectivity index (χ2v) is 21.3. The van der Waals surface area contributed by atoms with Gasteiger partial charge in [-0.3, -0.25) is 28.9 Å². The van der Waals surface area contributed by atoms with Gasteiger partial charge in [0.25, 0.3) is 0 Å². The van der Waals surface area contributed by atoms with Gasteiger partial charge in [-0.05, 0) is 67.7 Å². The number of carboxylic acids is 2. The van der Waals surface area contributed by atoms with E-state index in [0.29, 0.717) is 77.7 Å². The molecule has 2 aromatic carbocycles. The number of oxime groups is 1. The molecule has 1 saturated heterocycles. The first-order chi connectivity index (χ1) is 37.6. The number of rotatable bonds is 38. The maximum Gasteiger partial charge on any atom is 0.326 e. The highest BCUT2D eigenvalue weighted by molar-refractivity contribution is 5.98. The number of nitrogens with one attached hydrogen (secondary N) is 2. The smallest absolute Gasteiger partial charge is 0.326 e. The fraction of sp³-hybridized carbons (Fsp3) is 0.672. The Hall–Kier alpha value is -5.55. The van der Waals surface area contributed by atoms with Crippen LogP contribution in [0.15, 0.2) is 59.8 Å². The standard InChI is InChI=1S/C58H93N7O14/c1-13-39(6)52(48(74-11)36-49(66)65-25-17-20-47(65)53(75-12)40(7)54(67)60-46(58(72)73)35-42-18-15-14-16-19-42)64(10)56(69)50(37(2)3)61-55(68)51(38(4)5)63(9)26-27-76-28-29-77-30-31-78-32-33-79-62-41(8)44-23-21-43(22-24-44)34-45(59)57(70)71/h14-16,18-19,21-24,37-40,45-48,50-53H,13,17,20,25-36,59H2,1-12H3,(H,60,67)(H,61,68)(H,70,71)(H,72,73)/b62-41+/t39-,40+,45-,46-,47-,48+,50-,51-,52-,53+/m0/s1. The summed E-state index contributed by atoms with van der Waals surface area (Å²) in [5, 5.41) is 28.9. The molecule has 0 unspecified atom stereocenters. The van der Waals surface area contributed by atoms with E-state index in [9.17, 15) is 33.9 Å². The van der Waals surface area contributed by atoms with Crippen molar-refractivity contribution in [2.45, 2.75) is 142 Å². The summed E-state index contributed by atoms with van der Waals surface area (Å²) < 4.78 is 29.1. The molecule has 6 N–H and O–H groups in total. The van der Waals surface area contributed by atoms with E-state index < -0.39 is 72.2 Å². The zero-order valence-electron chi connectivity index (χ0n) is 48.9. The second-order valence-electron chi connectivity index (χ2n) is 21.3. The van der Waals surface area contributed by atoms with Crippen LogP contribution in [0.1, 0.15) is 97.8 Å². The molecule has 1 aliphatic heterocycles. The van der Waals surface area contributed by atoms with Crippen molar-refractivity contribution < 1.29 is 67.5 Å². The molecule has 1 heterocycles. The van der Waals surface area contributed by atoms with E-state index in [1.807, 2.05) is 103 Å². The predicted molar refractivity (Wildman–Crippen MR) is 300 cm³/mol. The van der Waals surface area contributed by atoms with E-state index in [4.69, 9.17) is 39.4 Å². The van der Waals surface area contributed by atoms with Gasteiger partial charge in [-0.15, -0.1) is 0 Å². The number of carboxylic acid groups (broad SMARTS) is 2. The summed E-state index contributed by atoms with van der Waals surface area (Å²) in [6, 6.07) is 11.8. The van der Waals surface area contributed by atoms with Gasteiger partial charge < -0.3 is 64.9 Å². The fourth-order valence-corrected chi connectivity index (χ4v) is 10.0. The first-order valence-corrected chi connectivity index (χ1v) is 27.7. The number of benzene rings is 2. The van der Waals surface area contributed by atoms with Gasteiger partial charge in [-0.25, -0.2) is 4.79 Å². The maximum atomic E-state index is 14.6. The molecule has 21 heteroatoms. The van der Waals surface area contributed by atoms with E-state index >= 15 is 0 Å². The molecule has 0 spiro atoms. The van der Waals surface area contributed by atoms with Gasteiger partial charge in [0.15, 0.2) is 0 Å². The van der Waals surface area contributed by atoms with Crippen molar-refractivity contribution in [2.75, 3.05) is 87.7 Å². The van der Waals surface area contributed by atoms with Crippen LogP contribution in [0.4, 0.5) is 0 Å². The molecule has 4 amide bonds. The zero-order valence-corrected chi connectivity index (χ0v) is 48.9. The summed E-state index contributed by atoms with van der Waals surface area (Å²) >= 11 is 0. The number of hydrogen-bond donors (Lipinski definition) is 5. The van der Waals surface area contributed by atoms with Crippen LogP contribution >= 0.6 is 0 Å². The Morgan fingerprint density at radius 3 is 1.90 bits per heavy atom. The second kappa shape index (κ2) is 35.2. The number of methoxy groups -OCH3 is 2. The lowest BCUT2D eigenvalue weighted by Gasteiger charge is -2.41. The Morgan fingerprint density at radius 2 is 1.35 bits per heavy atom. The van der Waals surface area contributed by atoms with Crippen molar-refractivity contribution in [3.8, 4) is 0 Å². The molecule has 1 fully saturated rings. The van der Waals surface area contributed by atoms with E-state index in [1.54, 1.807) is 35.9 Å². The Kier molecular flexibility index (Phi) is 30.2. The number of aliphatic carboxylic acids is 2. The number of nitrogens with zero attached hydrogens (tertiary/aromatic N) is 4. The lowest BCUT2D eigenvalue weighted by atomic mass is 9.89. The molecule has 444 valence electrons. The molecule has 10 atom stereocenters. The van der Waals surface area contributed by atoms with Crippen LogP contribution in [0.3, 0.4) is 0 Å². The van der Waals surface area contributed by atoms with Crippen molar-refractivity contribution in [1.29, 1.82) is 0 Å². The highest BCUT2D eigenvalue weighted by Crippen LogP contribution is 2.30. The monoisotopic (exact) mass is 1110 g/mol. The number of hydrogen-bond acceptors (Lipinski definition) is 15. The van der Waals surface area contributed by atoms with Crippen molar-refractivity contribution in [3.05, 3.63) is 71.3 Å². The highest BCUT2D eigenvalue weighted by atomic mass is 16.6. The largest absolute Gasteiger partial charge is 0.480 e. The third kappa shape index (κ3) is 21.8. The van der Waals surface area contributed by atoms with Crippen LogP contribution in [0.25, 0.3) is 0 Å². The molecule has 79 heavy (non-hydrogen) atoms. The highest BCUT2D eigenvalue weighted by Gasteiger charge is 2.43. The summed E-state index contributed by atoms with van der Waals surface area (Å²) in [6.45, 7) is 18.4. The van der Waals surface area contributed by atoms with Gasteiger partial charge in [-0.2, -0.15) is 0 Å². The van der Waals surface area contributed by atoms with Gasteiger partial charge in [-0.1, -0.05) is 115 Å². The van der Waals surface area contributed by atoms with E-state index in [1.165, 1.54) is 14.2 Å². The quantitative estimate of drug-likeness (QED) is 0.0357. The summed E-state index contributed by atoms with van der Waals surface area (Å²) in [5.41, 5.74) is 8.71. The Labute approximate surface area is 468 Å². The molecule has 0 aliphatic carbocycles. The SMILES string of the molecule is CC[C@H](C)[C@@H]([C@@H](CC(=O)N1CCC[C@H]1[C@H](OC)[C@@H](C)C(=O)N[C@@H](Cc1ccccc1)C(=O)O)OC)N(C)C(=O)[C@@H](NC(=O)[C@H](C(C)C)N(C)CCOCCOCCOCCO/N=C(\C)c1ccc(C[C@H](N)C(=O)O)cc1)C(C)C. The maximum absolute atomic E-state index is 14.6. The molecule has 1 aliphatic rings. The van der Waals surface area contributed by atoms with Crippen LogP contribution in [0, 0.1) is 23.7 Å². The Morgan fingerprint density at radius 1 is 0.759 bits per heavy atom. The average molecular weight is 1110 g/mol. The van der Waals surface area contributed by atoms with Gasteiger partial charge in [0.1, 0.15) is 24.7 Å². The van der Waals surface area contributed by atoms with Crippen molar-refractivity contribution in [3.63, 3.8) is 0 Å². The molecule has 0 radical (unpaired) electrons.